The molecule has 1 saturated carbocycles. The smallest absolute Gasteiger partial charge is 0.315 e. The average molecular weight is 344 g/mol. The number of hydrogen-bond acceptors (Lipinski definition) is 3. The Morgan fingerprint density at radius 1 is 1.43 bits per heavy atom. The summed E-state index contributed by atoms with van der Waals surface area (Å²) < 4.78 is 26.9. The molecule has 0 spiro atoms. The van der Waals surface area contributed by atoms with Gasteiger partial charge in [0.1, 0.15) is 11.6 Å². The fraction of sp³-hybridized carbons (Fsp3) is 0.562. The Kier molecular flexibility index (Phi) is 5.86. The van der Waals surface area contributed by atoms with Crippen LogP contribution in [0.4, 0.5) is 13.6 Å². The van der Waals surface area contributed by atoms with Crippen LogP contribution in [0.25, 0.3) is 0 Å². The fourth-order valence-electron chi connectivity index (χ4n) is 2.65. The summed E-state index contributed by atoms with van der Waals surface area (Å²) in [5.41, 5.74) is 0.0124. The summed E-state index contributed by atoms with van der Waals surface area (Å²) in [5, 5.41) is 14.7. The van der Waals surface area contributed by atoms with Crippen LogP contribution in [0.3, 0.4) is 0 Å². The molecule has 1 aliphatic rings. The van der Waals surface area contributed by atoms with Gasteiger partial charge in [0, 0.05) is 29.3 Å². The molecule has 1 aliphatic carbocycles. The minimum absolute atomic E-state index is 0.0205. The normalized spacial score (nSPS) is 18.1. The van der Waals surface area contributed by atoms with E-state index < -0.39 is 17.0 Å². The quantitative estimate of drug-likeness (QED) is 0.712. The number of urea groups is 1. The number of halogens is 2. The highest BCUT2D eigenvalue weighted by molar-refractivity contribution is 7.99. The van der Waals surface area contributed by atoms with Gasteiger partial charge in [-0.15, -0.1) is 0 Å². The van der Waals surface area contributed by atoms with Crippen LogP contribution in [0.2, 0.25) is 0 Å². The Labute approximate surface area is 139 Å². The van der Waals surface area contributed by atoms with Crippen LogP contribution in [0.5, 0.6) is 0 Å². The van der Waals surface area contributed by atoms with E-state index in [2.05, 4.69) is 10.6 Å². The van der Waals surface area contributed by atoms with Crippen LogP contribution in [0.1, 0.15) is 25.3 Å². The zero-order chi connectivity index (χ0) is 17.0. The molecule has 2 atom stereocenters. The van der Waals surface area contributed by atoms with Gasteiger partial charge in [-0.2, -0.15) is 11.8 Å². The highest BCUT2D eigenvalue weighted by Gasteiger charge is 2.46. The highest BCUT2D eigenvalue weighted by Crippen LogP contribution is 2.48. The summed E-state index contributed by atoms with van der Waals surface area (Å²) in [6.07, 6.45) is 3.39. The number of carbonyl (C=O) groups excluding carboxylic acids is 1. The number of thioether (sulfide) groups is 1. The maximum absolute atomic E-state index is 13.9. The van der Waals surface area contributed by atoms with Gasteiger partial charge in [0.25, 0.3) is 0 Å². The molecule has 23 heavy (non-hydrogen) atoms. The first kappa shape index (κ1) is 18.0. The number of nitrogens with one attached hydrogen (secondary N) is 2. The predicted molar refractivity (Wildman–Crippen MR) is 87.7 cm³/mol. The Balaban J connectivity index is 1.91. The predicted octanol–water partition coefficient (Wildman–Crippen LogP) is 2.41. The van der Waals surface area contributed by atoms with Crippen molar-refractivity contribution in [3.8, 4) is 0 Å². The molecule has 0 heterocycles. The summed E-state index contributed by atoms with van der Waals surface area (Å²) in [7, 11) is 0. The van der Waals surface area contributed by atoms with E-state index in [4.69, 9.17) is 0 Å². The van der Waals surface area contributed by atoms with Gasteiger partial charge in [-0.05, 0) is 37.7 Å². The first-order chi connectivity index (χ1) is 10.9. The van der Waals surface area contributed by atoms with Crippen LogP contribution in [-0.2, 0) is 5.41 Å². The van der Waals surface area contributed by atoms with Crippen LogP contribution in [0, 0.1) is 11.6 Å². The van der Waals surface area contributed by atoms with Crippen LogP contribution >= 0.6 is 11.8 Å². The van der Waals surface area contributed by atoms with E-state index in [1.807, 2.05) is 13.2 Å². The molecular weight excluding hydrogens is 322 g/mol. The van der Waals surface area contributed by atoms with E-state index in [0.29, 0.717) is 12.1 Å². The van der Waals surface area contributed by atoms with E-state index in [1.165, 1.54) is 23.9 Å². The molecule has 0 saturated heterocycles. The van der Waals surface area contributed by atoms with Crippen molar-refractivity contribution in [1.82, 2.24) is 10.6 Å². The number of aliphatic hydroxyl groups is 1. The lowest BCUT2D eigenvalue weighted by molar-refractivity contribution is 0.231. The van der Waals surface area contributed by atoms with E-state index in [9.17, 15) is 18.7 Å². The van der Waals surface area contributed by atoms with Crippen molar-refractivity contribution in [2.75, 3.05) is 19.4 Å². The summed E-state index contributed by atoms with van der Waals surface area (Å²) in [5.74, 6) is -1.17. The van der Waals surface area contributed by atoms with Gasteiger partial charge in [-0.25, -0.2) is 13.6 Å². The Morgan fingerprint density at radius 3 is 2.65 bits per heavy atom. The molecule has 2 unspecified atom stereocenters. The Morgan fingerprint density at radius 2 is 2.13 bits per heavy atom. The van der Waals surface area contributed by atoms with Gasteiger partial charge < -0.3 is 15.7 Å². The molecule has 2 rings (SSSR count). The average Bonchev–Trinajstić information content (AvgIpc) is 3.27. The van der Waals surface area contributed by atoms with Gasteiger partial charge in [0.05, 0.1) is 6.61 Å². The van der Waals surface area contributed by atoms with Crippen molar-refractivity contribution in [3.63, 3.8) is 0 Å². The number of rotatable bonds is 7. The third-order valence-electron chi connectivity index (χ3n) is 4.34. The van der Waals surface area contributed by atoms with E-state index in [1.54, 1.807) is 0 Å². The molecule has 7 heteroatoms. The van der Waals surface area contributed by atoms with Gasteiger partial charge in [-0.1, -0.05) is 6.07 Å². The molecule has 4 nitrogen and oxygen atoms in total. The second-order valence-corrected chi connectivity index (χ2v) is 7.05. The van der Waals surface area contributed by atoms with Crippen LogP contribution in [0.15, 0.2) is 18.2 Å². The molecule has 0 aliphatic heterocycles. The van der Waals surface area contributed by atoms with E-state index >= 15 is 0 Å². The Bertz CT molecular complexity index is 563. The molecule has 3 N–H and O–H groups in total. The van der Waals surface area contributed by atoms with Crippen molar-refractivity contribution in [1.29, 1.82) is 0 Å². The maximum atomic E-state index is 13.9. The number of aliphatic hydroxyl groups excluding tert-OH is 1. The summed E-state index contributed by atoms with van der Waals surface area (Å²) in [6.45, 7) is 2.11. The number of carbonyl (C=O) groups is 1. The summed E-state index contributed by atoms with van der Waals surface area (Å²) >= 11 is 1.48. The molecule has 0 aromatic heterocycles. The third-order valence-corrected chi connectivity index (χ3v) is 5.51. The lowest BCUT2D eigenvalue weighted by Gasteiger charge is -2.23. The second-order valence-electron chi connectivity index (χ2n) is 5.98. The van der Waals surface area contributed by atoms with E-state index in [-0.39, 0.29) is 23.9 Å². The third kappa shape index (κ3) is 4.35. The topological polar surface area (TPSA) is 61.4 Å². The lowest BCUT2D eigenvalue weighted by atomic mass is 9.95. The molecule has 1 aromatic carbocycles. The molecule has 0 bridgehead atoms. The first-order valence-corrected chi connectivity index (χ1v) is 8.84. The molecule has 2 amide bonds. The van der Waals surface area contributed by atoms with Gasteiger partial charge in [0.15, 0.2) is 0 Å². The number of benzene rings is 1. The monoisotopic (exact) mass is 344 g/mol. The standard InChI is InChI=1S/C16H22F2N2O2S/c1-10(14(8-21)23-2)20-15(22)19-9-16(5-6-16)12-4-3-11(17)7-13(12)18/h3-4,7,10,14,21H,5-6,8-9H2,1-2H3,(H2,19,20,22). The van der Waals surface area contributed by atoms with Crippen LogP contribution < -0.4 is 10.6 Å². The molecule has 1 aromatic rings. The molecule has 1 fully saturated rings. The van der Waals surface area contributed by atoms with Crippen molar-refractivity contribution in [3.05, 3.63) is 35.4 Å². The largest absolute Gasteiger partial charge is 0.395 e. The minimum Gasteiger partial charge on any atom is -0.395 e. The minimum atomic E-state index is -0.603. The highest BCUT2D eigenvalue weighted by atomic mass is 32.2. The van der Waals surface area contributed by atoms with Crippen molar-refractivity contribution >= 4 is 17.8 Å². The fourth-order valence-corrected chi connectivity index (χ4v) is 3.27. The van der Waals surface area contributed by atoms with Crippen molar-refractivity contribution in [2.45, 2.75) is 36.5 Å². The Hall–Kier alpha value is -1.34. The molecule has 0 radical (unpaired) electrons. The zero-order valence-corrected chi connectivity index (χ0v) is 14.1. The first-order valence-electron chi connectivity index (χ1n) is 7.55. The van der Waals surface area contributed by atoms with E-state index in [0.717, 1.165) is 18.9 Å². The second kappa shape index (κ2) is 7.49. The van der Waals surface area contributed by atoms with Crippen molar-refractivity contribution < 1.29 is 18.7 Å². The van der Waals surface area contributed by atoms with Crippen molar-refractivity contribution in [2.24, 2.45) is 0 Å². The van der Waals surface area contributed by atoms with Crippen LogP contribution in [-0.4, -0.2) is 41.8 Å². The van der Waals surface area contributed by atoms with Gasteiger partial charge in [0.2, 0.25) is 0 Å². The number of amides is 2. The summed E-state index contributed by atoms with van der Waals surface area (Å²) in [4.78, 5) is 12.0. The van der Waals surface area contributed by atoms with Gasteiger partial charge >= 0.3 is 6.03 Å². The molecular formula is C16H22F2N2O2S. The maximum Gasteiger partial charge on any atom is 0.315 e. The molecule has 128 valence electrons. The zero-order valence-electron chi connectivity index (χ0n) is 13.2. The van der Waals surface area contributed by atoms with Gasteiger partial charge in [-0.3, -0.25) is 0 Å². The number of hydrogen-bond donors (Lipinski definition) is 3. The SMILES string of the molecule is CSC(CO)C(C)NC(=O)NCC1(c2ccc(F)cc2F)CC1. The lowest BCUT2D eigenvalue weighted by Crippen LogP contribution is -2.47. The summed E-state index contributed by atoms with van der Waals surface area (Å²) in [6, 6.07) is 3.04.